The zero-order chi connectivity index (χ0) is 13.2. The molecule has 0 bridgehead atoms. The van der Waals surface area contributed by atoms with Crippen LogP contribution in [0.3, 0.4) is 0 Å². The van der Waals surface area contributed by atoms with Crippen LogP contribution in [0, 0.1) is 0 Å². The van der Waals surface area contributed by atoms with Crippen LogP contribution in [0.25, 0.3) is 5.69 Å². The first kappa shape index (κ1) is 12.2. The fraction of sp³-hybridized carbons (Fsp3) is 0.429. The summed E-state index contributed by atoms with van der Waals surface area (Å²) >= 11 is 0. The fourth-order valence-corrected chi connectivity index (χ4v) is 2.49. The molecule has 0 aliphatic heterocycles. The number of nitrogens with zero attached hydrogens (tertiary/aromatic N) is 3. The summed E-state index contributed by atoms with van der Waals surface area (Å²) in [5.41, 5.74) is 8.83. The van der Waals surface area contributed by atoms with Gasteiger partial charge in [0, 0.05) is 18.5 Å². The van der Waals surface area contributed by atoms with Crippen molar-refractivity contribution < 1.29 is 4.74 Å². The molecule has 1 saturated carbocycles. The van der Waals surface area contributed by atoms with Gasteiger partial charge < -0.3 is 10.5 Å². The molecule has 2 N–H and O–H groups in total. The molecule has 1 aromatic heterocycles. The van der Waals surface area contributed by atoms with Crippen molar-refractivity contribution in [2.75, 3.05) is 7.11 Å². The second kappa shape index (κ2) is 5.01. The minimum atomic E-state index is 0.440. The average molecular weight is 258 g/mol. The van der Waals surface area contributed by atoms with E-state index in [9.17, 15) is 0 Å². The molecule has 0 saturated heterocycles. The lowest BCUT2D eigenvalue weighted by Gasteiger charge is -2.26. The average Bonchev–Trinajstić information content (AvgIpc) is 2.80. The monoisotopic (exact) mass is 258 g/mol. The van der Waals surface area contributed by atoms with Crippen molar-refractivity contribution in [3.8, 4) is 11.4 Å². The van der Waals surface area contributed by atoms with Crippen molar-refractivity contribution in [1.82, 2.24) is 15.0 Å². The zero-order valence-corrected chi connectivity index (χ0v) is 11.0. The van der Waals surface area contributed by atoms with Gasteiger partial charge in [0.2, 0.25) is 0 Å². The Hall–Kier alpha value is -1.88. The third-order valence-corrected chi connectivity index (χ3v) is 3.76. The van der Waals surface area contributed by atoms with Crippen LogP contribution >= 0.6 is 0 Å². The number of nitrogens with two attached hydrogens (primary N) is 1. The van der Waals surface area contributed by atoms with E-state index in [2.05, 4.69) is 10.3 Å². The van der Waals surface area contributed by atoms with Crippen LogP contribution in [0.5, 0.6) is 5.75 Å². The Kier molecular flexibility index (Phi) is 3.21. The molecule has 1 aliphatic carbocycles. The molecule has 100 valence electrons. The van der Waals surface area contributed by atoms with E-state index in [4.69, 9.17) is 10.5 Å². The third-order valence-electron chi connectivity index (χ3n) is 3.76. The molecule has 2 aromatic rings. The molecular formula is C14H18N4O. The number of benzene rings is 1. The molecular weight excluding hydrogens is 240 g/mol. The Morgan fingerprint density at radius 2 is 2.26 bits per heavy atom. The lowest BCUT2D eigenvalue weighted by atomic mass is 9.82. The highest BCUT2D eigenvalue weighted by Crippen LogP contribution is 2.38. The lowest BCUT2D eigenvalue weighted by Crippen LogP contribution is -2.17. The minimum Gasteiger partial charge on any atom is -0.497 e. The van der Waals surface area contributed by atoms with Crippen molar-refractivity contribution in [2.24, 2.45) is 5.73 Å². The quantitative estimate of drug-likeness (QED) is 0.911. The Balaban J connectivity index is 2.05. The predicted octanol–water partition coefficient (Wildman–Crippen LogP) is 2.00. The van der Waals surface area contributed by atoms with E-state index < -0.39 is 0 Å². The highest BCUT2D eigenvalue weighted by atomic mass is 16.5. The van der Waals surface area contributed by atoms with Crippen molar-refractivity contribution in [3.05, 3.63) is 35.7 Å². The Morgan fingerprint density at radius 1 is 1.42 bits per heavy atom. The summed E-state index contributed by atoms with van der Waals surface area (Å²) in [5.74, 6) is 1.36. The van der Waals surface area contributed by atoms with Gasteiger partial charge in [-0.1, -0.05) is 17.7 Å². The standard InChI is InChI=1S/C14H18N4O/c1-19-12-7-3-6-11(8-12)18-14(10-4-2-5-10)13(9-15)16-17-18/h3,6-8,10H,2,4-5,9,15H2,1H3. The summed E-state index contributed by atoms with van der Waals surface area (Å²) in [7, 11) is 1.67. The highest BCUT2D eigenvalue weighted by molar-refractivity contribution is 5.41. The SMILES string of the molecule is COc1cccc(-n2nnc(CN)c2C2CCC2)c1. The molecule has 3 rings (SSSR count). The molecule has 5 nitrogen and oxygen atoms in total. The number of hydrogen-bond acceptors (Lipinski definition) is 4. The van der Waals surface area contributed by atoms with Crippen LogP contribution in [0.1, 0.15) is 36.6 Å². The largest absolute Gasteiger partial charge is 0.497 e. The molecule has 5 heteroatoms. The van der Waals surface area contributed by atoms with E-state index in [0.29, 0.717) is 12.5 Å². The van der Waals surface area contributed by atoms with E-state index in [0.717, 1.165) is 17.1 Å². The molecule has 0 spiro atoms. The Bertz CT molecular complexity index is 575. The van der Waals surface area contributed by atoms with E-state index in [-0.39, 0.29) is 0 Å². The summed E-state index contributed by atoms with van der Waals surface area (Å²) in [6.45, 7) is 0.440. The summed E-state index contributed by atoms with van der Waals surface area (Å²) in [4.78, 5) is 0. The van der Waals surface area contributed by atoms with Gasteiger partial charge in [0.15, 0.2) is 0 Å². The van der Waals surface area contributed by atoms with Crippen LogP contribution < -0.4 is 10.5 Å². The number of ether oxygens (including phenoxy) is 1. The Morgan fingerprint density at radius 3 is 2.89 bits per heavy atom. The van der Waals surface area contributed by atoms with Gasteiger partial charge in [-0.05, 0) is 25.0 Å². The predicted molar refractivity (Wildman–Crippen MR) is 72.4 cm³/mol. The van der Waals surface area contributed by atoms with E-state index in [1.54, 1.807) is 7.11 Å². The summed E-state index contributed by atoms with van der Waals surface area (Å²) in [5, 5.41) is 8.48. The molecule has 0 unspecified atom stereocenters. The molecule has 0 radical (unpaired) electrons. The van der Waals surface area contributed by atoms with Gasteiger partial charge >= 0.3 is 0 Å². The smallest absolute Gasteiger partial charge is 0.121 e. The van der Waals surface area contributed by atoms with Crippen LogP contribution in [-0.2, 0) is 6.54 Å². The summed E-state index contributed by atoms with van der Waals surface area (Å²) in [6, 6.07) is 7.87. The van der Waals surface area contributed by atoms with Gasteiger partial charge in [-0.3, -0.25) is 0 Å². The molecule has 1 heterocycles. The van der Waals surface area contributed by atoms with Gasteiger partial charge in [0.1, 0.15) is 11.4 Å². The molecule has 0 atom stereocenters. The second-order valence-electron chi connectivity index (χ2n) is 4.87. The normalized spacial score (nSPS) is 15.3. The van der Waals surface area contributed by atoms with Crippen molar-refractivity contribution in [2.45, 2.75) is 31.7 Å². The van der Waals surface area contributed by atoms with E-state index >= 15 is 0 Å². The third kappa shape index (κ3) is 2.10. The molecule has 1 aliphatic rings. The highest BCUT2D eigenvalue weighted by Gasteiger charge is 2.27. The van der Waals surface area contributed by atoms with Gasteiger partial charge in [0.25, 0.3) is 0 Å². The van der Waals surface area contributed by atoms with Crippen LogP contribution in [0.15, 0.2) is 24.3 Å². The Labute approximate surface area is 112 Å². The van der Waals surface area contributed by atoms with Crippen LogP contribution in [0.4, 0.5) is 0 Å². The van der Waals surface area contributed by atoms with E-state index in [1.807, 2.05) is 28.9 Å². The second-order valence-corrected chi connectivity index (χ2v) is 4.87. The molecule has 19 heavy (non-hydrogen) atoms. The maximum atomic E-state index is 5.77. The van der Waals surface area contributed by atoms with E-state index in [1.165, 1.54) is 25.0 Å². The first-order valence-corrected chi connectivity index (χ1v) is 6.62. The van der Waals surface area contributed by atoms with Crippen molar-refractivity contribution >= 4 is 0 Å². The summed E-state index contributed by atoms with van der Waals surface area (Å²) < 4.78 is 7.18. The maximum Gasteiger partial charge on any atom is 0.121 e. The molecule has 1 aromatic carbocycles. The van der Waals surface area contributed by atoms with Crippen LogP contribution in [0.2, 0.25) is 0 Å². The van der Waals surface area contributed by atoms with Crippen molar-refractivity contribution in [1.29, 1.82) is 0 Å². The number of aromatic nitrogens is 3. The number of methoxy groups -OCH3 is 1. The topological polar surface area (TPSA) is 66.0 Å². The first-order valence-electron chi connectivity index (χ1n) is 6.62. The molecule has 0 amide bonds. The fourth-order valence-electron chi connectivity index (χ4n) is 2.49. The summed E-state index contributed by atoms with van der Waals surface area (Å²) in [6.07, 6.45) is 3.67. The minimum absolute atomic E-state index is 0.440. The van der Waals surface area contributed by atoms with Gasteiger partial charge in [-0.2, -0.15) is 0 Å². The van der Waals surface area contributed by atoms with Crippen LogP contribution in [-0.4, -0.2) is 22.1 Å². The zero-order valence-electron chi connectivity index (χ0n) is 11.0. The van der Waals surface area contributed by atoms with Gasteiger partial charge in [-0.25, -0.2) is 4.68 Å². The number of hydrogen-bond donors (Lipinski definition) is 1. The van der Waals surface area contributed by atoms with Gasteiger partial charge in [-0.15, -0.1) is 5.10 Å². The first-order chi connectivity index (χ1) is 9.33. The number of rotatable bonds is 4. The van der Waals surface area contributed by atoms with Crippen molar-refractivity contribution in [3.63, 3.8) is 0 Å². The lowest BCUT2D eigenvalue weighted by molar-refractivity contribution is 0.399. The van der Waals surface area contributed by atoms with Gasteiger partial charge in [0.05, 0.1) is 18.5 Å². The molecule has 1 fully saturated rings. The maximum absolute atomic E-state index is 5.77.